The summed E-state index contributed by atoms with van der Waals surface area (Å²) in [5.74, 6) is 0.711. The van der Waals surface area contributed by atoms with Gasteiger partial charge in [0.1, 0.15) is 5.75 Å². The lowest BCUT2D eigenvalue weighted by Gasteiger charge is -2.17. The third-order valence-corrected chi connectivity index (χ3v) is 3.42. The zero-order chi connectivity index (χ0) is 15.0. The molecule has 112 valence electrons. The van der Waals surface area contributed by atoms with Crippen LogP contribution in [0.4, 0.5) is 0 Å². The minimum Gasteiger partial charge on any atom is -0.484 e. The van der Waals surface area contributed by atoms with Crippen LogP contribution < -0.4 is 4.74 Å². The average Bonchev–Trinajstić information content (AvgIpc) is 2.44. The van der Waals surface area contributed by atoms with Gasteiger partial charge in [0.15, 0.2) is 6.61 Å². The Morgan fingerprint density at radius 1 is 1.20 bits per heavy atom. The van der Waals surface area contributed by atoms with Crippen molar-refractivity contribution in [1.29, 1.82) is 0 Å². The van der Waals surface area contributed by atoms with Crippen molar-refractivity contribution < 1.29 is 14.6 Å². The summed E-state index contributed by atoms with van der Waals surface area (Å²) in [4.78, 5) is 13.6. The number of aliphatic hydroxyl groups is 1. The molecule has 0 saturated carbocycles. The van der Waals surface area contributed by atoms with E-state index in [1.807, 2.05) is 32.0 Å². The summed E-state index contributed by atoms with van der Waals surface area (Å²) < 4.78 is 5.52. The number of likely N-dealkylation sites (N-methyl/N-ethyl adjacent to an activating group) is 1. The van der Waals surface area contributed by atoms with Crippen LogP contribution in [-0.4, -0.2) is 42.7 Å². The second kappa shape index (κ2) is 8.59. The first-order chi connectivity index (χ1) is 9.54. The summed E-state index contributed by atoms with van der Waals surface area (Å²) >= 11 is 0. The molecular weight excluding hydrogens is 254 g/mol. The van der Waals surface area contributed by atoms with E-state index in [0.717, 1.165) is 30.6 Å². The van der Waals surface area contributed by atoms with Crippen LogP contribution in [0.5, 0.6) is 5.75 Å². The lowest BCUT2D eigenvalue weighted by atomic mass is 10.1. The number of unbranched alkanes of at least 4 members (excludes halogenated alkanes) is 2. The number of nitrogens with zero attached hydrogens (tertiary/aromatic N) is 1. The fourth-order valence-corrected chi connectivity index (χ4v) is 1.82. The minimum absolute atomic E-state index is 0.0211. The third kappa shape index (κ3) is 5.61. The highest BCUT2D eigenvalue weighted by Crippen LogP contribution is 2.16. The van der Waals surface area contributed by atoms with Crippen molar-refractivity contribution in [2.75, 3.05) is 26.8 Å². The van der Waals surface area contributed by atoms with E-state index in [1.165, 1.54) is 5.56 Å². The quantitative estimate of drug-likeness (QED) is 0.743. The van der Waals surface area contributed by atoms with Gasteiger partial charge in [0, 0.05) is 20.2 Å². The van der Waals surface area contributed by atoms with E-state index in [-0.39, 0.29) is 19.1 Å². The molecule has 1 amide bonds. The average molecular weight is 279 g/mol. The van der Waals surface area contributed by atoms with Gasteiger partial charge >= 0.3 is 0 Å². The lowest BCUT2D eigenvalue weighted by Crippen LogP contribution is -2.32. The topological polar surface area (TPSA) is 49.8 Å². The van der Waals surface area contributed by atoms with E-state index in [0.29, 0.717) is 6.54 Å². The second-order valence-corrected chi connectivity index (χ2v) is 5.13. The molecule has 0 fully saturated rings. The molecule has 0 saturated heterocycles. The van der Waals surface area contributed by atoms with E-state index >= 15 is 0 Å². The highest BCUT2D eigenvalue weighted by atomic mass is 16.5. The van der Waals surface area contributed by atoms with Crippen LogP contribution in [0.15, 0.2) is 18.2 Å². The summed E-state index contributed by atoms with van der Waals surface area (Å²) in [6.45, 7) is 5.06. The molecule has 1 N–H and O–H groups in total. The van der Waals surface area contributed by atoms with Crippen LogP contribution >= 0.6 is 0 Å². The van der Waals surface area contributed by atoms with Gasteiger partial charge in [0.25, 0.3) is 5.91 Å². The summed E-state index contributed by atoms with van der Waals surface area (Å²) in [5, 5.41) is 8.69. The number of carbonyl (C=O) groups is 1. The first-order valence-electron chi connectivity index (χ1n) is 7.09. The zero-order valence-corrected chi connectivity index (χ0v) is 12.7. The molecule has 0 aliphatic carbocycles. The molecule has 1 aromatic carbocycles. The molecule has 1 rings (SSSR count). The smallest absolute Gasteiger partial charge is 0.260 e. The van der Waals surface area contributed by atoms with Gasteiger partial charge in [-0.25, -0.2) is 0 Å². The number of amides is 1. The molecule has 1 aromatic rings. The van der Waals surface area contributed by atoms with Gasteiger partial charge in [-0.05, 0) is 56.4 Å². The van der Waals surface area contributed by atoms with E-state index in [2.05, 4.69) is 0 Å². The van der Waals surface area contributed by atoms with Crippen molar-refractivity contribution in [3.8, 4) is 5.75 Å². The zero-order valence-electron chi connectivity index (χ0n) is 12.7. The Kier molecular flexibility index (Phi) is 7.09. The Balaban J connectivity index is 2.32. The normalized spacial score (nSPS) is 10.4. The fraction of sp³-hybridized carbons (Fsp3) is 0.562. The maximum absolute atomic E-state index is 11.9. The highest BCUT2D eigenvalue weighted by molar-refractivity contribution is 5.77. The van der Waals surface area contributed by atoms with Crippen LogP contribution in [0, 0.1) is 13.8 Å². The number of benzene rings is 1. The van der Waals surface area contributed by atoms with E-state index in [9.17, 15) is 4.79 Å². The van der Waals surface area contributed by atoms with Crippen LogP contribution in [0.3, 0.4) is 0 Å². The molecule has 0 aromatic heterocycles. The number of hydrogen-bond donors (Lipinski definition) is 1. The predicted octanol–water partition coefficient (Wildman–Crippen LogP) is 2.30. The molecule has 0 aliphatic rings. The van der Waals surface area contributed by atoms with E-state index < -0.39 is 0 Å². The molecule has 0 bridgehead atoms. The molecule has 0 aliphatic heterocycles. The Labute approximate surface area is 121 Å². The minimum atomic E-state index is -0.0211. The molecule has 20 heavy (non-hydrogen) atoms. The number of aryl methyl sites for hydroxylation is 2. The highest BCUT2D eigenvalue weighted by Gasteiger charge is 2.09. The molecule has 0 radical (unpaired) electrons. The van der Waals surface area contributed by atoms with Crippen molar-refractivity contribution in [1.82, 2.24) is 4.90 Å². The Morgan fingerprint density at radius 2 is 1.95 bits per heavy atom. The molecular formula is C16H25NO3. The third-order valence-electron chi connectivity index (χ3n) is 3.42. The molecule has 4 heteroatoms. The van der Waals surface area contributed by atoms with Crippen LogP contribution in [0.25, 0.3) is 0 Å². The number of hydrogen-bond acceptors (Lipinski definition) is 3. The first kappa shape index (κ1) is 16.5. The fourth-order valence-electron chi connectivity index (χ4n) is 1.82. The van der Waals surface area contributed by atoms with Crippen molar-refractivity contribution in [2.24, 2.45) is 0 Å². The largest absolute Gasteiger partial charge is 0.484 e. The SMILES string of the molecule is Cc1ccc(OCC(=O)N(C)CCCCCO)cc1C. The summed E-state index contributed by atoms with van der Waals surface area (Å²) in [5.41, 5.74) is 2.37. The van der Waals surface area contributed by atoms with Crippen molar-refractivity contribution in [2.45, 2.75) is 33.1 Å². The number of ether oxygens (including phenoxy) is 1. The van der Waals surface area contributed by atoms with Crippen molar-refractivity contribution >= 4 is 5.91 Å². The van der Waals surface area contributed by atoms with Crippen LogP contribution in [-0.2, 0) is 4.79 Å². The number of carbonyl (C=O) groups excluding carboxylic acids is 1. The summed E-state index contributed by atoms with van der Waals surface area (Å²) in [6.07, 6.45) is 2.64. The van der Waals surface area contributed by atoms with E-state index in [4.69, 9.17) is 9.84 Å². The molecule has 0 spiro atoms. The maximum atomic E-state index is 11.9. The van der Waals surface area contributed by atoms with Crippen LogP contribution in [0.2, 0.25) is 0 Å². The molecule has 0 unspecified atom stereocenters. The van der Waals surface area contributed by atoms with Gasteiger partial charge in [-0.1, -0.05) is 6.07 Å². The van der Waals surface area contributed by atoms with Gasteiger partial charge in [0.2, 0.25) is 0 Å². The molecule has 0 heterocycles. The second-order valence-electron chi connectivity index (χ2n) is 5.13. The Bertz CT molecular complexity index is 432. The monoisotopic (exact) mass is 279 g/mol. The van der Waals surface area contributed by atoms with Crippen molar-refractivity contribution in [3.63, 3.8) is 0 Å². The molecule has 4 nitrogen and oxygen atoms in total. The molecule has 0 atom stereocenters. The van der Waals surface area contributed by atoms with Crippen molar-refractivity contribution in [3.05, 3.63) is 29.3 Å². The number of rotatable bonds is 8. The first-order valence-corrected chi connectivity index (χ1v) is 7.09. The Hall–Kier alpha value is -1.55. The maximum Gasteiger partial charge on any atom is 0.260 e. The van der Waals surface area contributed by atoms with Crippen LogP contribution in [0.1, 0.15) is 30.4 Å². The van der Waals surface area contributed by atoms with Gasteiger partial charge in [0.05, 0.1) is 0 Å². The number of aliphatic hydroxyl groups excluding tert-OH is 1. The lowest BCUT2D eigenvalue weighted by molar-refractivity contribution is -0.132. The summed E-state index contributed by atoms with van der Waals surface area (Å²) in [6, 6.07) is 5.83. The standard InChI is InChI=1S/C16H25NO3/c1-13-7-8-15(11-14(13)2)20-12-16(19)17(3)9-5-4-6-10-18/h7-8,11,18H,4-6,9-10,12H2,1-3H3. The summed E-state index contributed by atoms with van der Waals surface area (Å²) in [7, 11) is 1.78. The van der Waals surface area contributed by atoms with Gasteiger partial charge in [-0.2, -0.15) is 0 Å². The van der Waals surface area contributed by atoms with Gasteiger partial charge < -0.3 is 14.7 Å². The predicted molar refractivity (Wildman–Crippen MR) is 80.0 cm³/mol. The Morgan fingerprint density at radius 3 is 2.60 bits per heavy atom. The van der Waals surface area contributed by atoms with Gasteiger partial charge in [-0.3, -0.25) is 4.79 Å². The van der Waals surface area contributed by atoms with E-state index in [1.54, 1.807) is 11.9 Å². The van der Waals surface area contributed by atoms with Gasteiger partial charge in [-0.15, -0.1) is 0 Å².